The summed E-state index contributed by atoms with van der Waals surface area (Å²) in [6, 6.07) is 6.14. The van der Waals surface area contributed by atoms with E-state index < -0.39 is 12.0 Å². The topological polar surface area (TPSA) is 92.5 Å². The minimum absolute atomic E-state index is 0.0788. The van der Waals surface area contributed by atoms with E-state index in [2.05, 4.69) is 5.10 Å². The van der Waals surface area contributed by atoms with Crippen LogP contribution in [0, 0.1) is 0 Å². The fourth-order valence-corrected chi connectivity index (χ4v) is 2.83. The van der Waals surface area contributed by atoms with Crippen molar-refractivity contribution in [3.8, 4) is 0 Å². The average Bonchev–Trinajstić information content (AvgIpc) is 3.00. The Balaban J connectivity index is 1.90. The highest BCUT2D eigenvalue weighted by Gasteiger charge is 2.33. The van der Waals surface area contributed by atoms with Gasteiger partial charge in [-0.1, -0.05) is 12.1 Å². The zero-order valence-electron chi connectivity index (χ0n) is 11.8. The number of hydrogen-bond acceptors (Lipinski definition) is 4. The van der Waals surface area contributed by atoms with Crippen LogP contribution >= 0.6 is 0 Å². The maximum absolute atomic E-state index is 12.4. The molecule has 0 spiro atoms. The summed E-state index contributed by atoms with van der Waals surface area (Å²) < 4.78 is 1.44. The number of hydrogen-bond donors (Lipinski definition) is 1. The average molecular weight is 301 g/mol. The van der Waals surface area contributed by atoms with Crippen molar-refractivity contribution in [3.05, 3.63) is 40.7 Å². The second-order valence-electron chi connectivity index (χ2n) is 5.27. The van der Waals surface area contributed by atoms with E-state index in [9.17, 15) is 14.4 Å². The van der Waals surface area contributed by atoms with Gasteiger partial charge in [0.1, 0.15) is 12.6 Å². The van der Waals surface area contributed by atoms with Gasteiger partial charge in [-0.15, -0.1) is 0 Å². The van der Waals surface area contributed by atoms with Crippen LogP contribution in [0.1, 0.15) is 12.8 Å². The summed E-state index contributed by atoms with van der Waals surface area (Å²) in [6.45, 7) is 0.360. The van der Waals surface area contributed by atoms with Gasteiger partial charge < -0.3 is 10.0 Å². The molecule has 1 N–H and O–H groups in total. The van der Waals surface area contributed by atoms with E-state index in [-0.39, 0.29) is 17.9 Å². The van der Waals surface area contributed by atoms with Gasteiger partial charge in [0.25, 0.3) is 0 Å². The van der Waals surface area contributed by atoms with Gasteiger partial charge in [0.2, 0.25) is 11.3 Å². The first-order valence-corrected chi connectivity index (χ1v) is 7.05. The van der Waals surface area contributed by atoms with Crippen molar-refractivity contribution in [2.45, 2.75) is 25.4 Å². The summed E-state index contributed by atoms with van der Waals surface area (Å²) in [4.78, 5) is 36.7. The minimum Gasteiger partial charge on any atom is -0.480 e. The van der Waals surface area contributed by atoms with Crippen LogP contribution in [-0.2, 0) is 16.1 Å². The molecule has 1 aliphatic rings. The molecule has 22 heavy (non-hydrogen) atoms. The third kappa shape index (κ3) is 2.45. The number of aromatic nitrogens is 2. The van der Waals surface area contributed by atoms with Crippen molar-refractivity contribution in [3.63, 3.8) is 0 Å². The molecule has 1 unspecified atom stereocenters. The van der Waals surface area contributed by atoms with Gasteiger partial charge in [0.05, 0.1) is 11.7 Å². The number of nitrogens with zero attached hydrogens (tertiary/aromatic N) is 3. The second-order valence-corrected chi connectivity index (χ2v) is 5.27. The first kappa shape index (κ1) is 14.2. The number of carboxylic acid groups (broad SMARTS) is 1. The number of rotatable bonds is 3. The normalized spacial score (nSPS) is 17.8. The largest absolute Gasteiger partial charge is 0.480 e. The molecule has 0 aliphatic carbocycles. The number of aliphatic carboxylic acids is 1. The Morgan fingerprint density at radius 2 is 2.09 bits per heavy atom. The molecule has 7 heteroatoms. The van der Waals surface area contributed by atoms with Gasteiger partial charge in [0.15, 0.2) is 0 Å². The summed E-state index contributed by atoms with van der Waals surface area (Å²) >= 11 is 0. The molecule has 1 aromatic heterocycles. The van der Waals surface area contributed by atoms with Crippen LogP contribution in [0.25, 0.3) is 10.9 Å². The Morgan fingerprint density at radius 3 is 2.86 bits per heavy atom. The fraction of sp³-hybridized carbons (Fsp3) is 0.333. The Labute approximate surface area is 125 Å². The number of amides is 1. The highest BCUT2D eigenvalue weighted by molar-refractivity contribution is 5.85. The van der Waals surface area contributed by atoms with Crippen molar-refractivity contribution in [2.24, 2.45) is 0 Å². The molecule has 0 radical (unpaired) electrons. The number of fused-ring (bicyclic) bond motifs is 1. The zero-order chi connectivity index (χ0) is 15.7. The molecule has 1 fully saturated rings. The minimum atomic E-state index is -0.983. The van der Waals surface area contributed by atoms with Crippen LogP contribution in [-0.4, -0.2) is 44.3 Å². The second kappa shape index (κ2) is 5.59. The highest BCUT2D eigenvalue weighted by Crippen LogP contribution is 2.18. The van der Waals surface area contributed by atoms with Gasteiger partial charge in [0, 0.05) is 11.9 Å². The third-order valence-electron chi connectivity index (χ3n) is 3.91. The summed E-state index contributed by atoms with van der Waals surface area (Å²) in [5, 5.41) is 13.6. The molecule has 0 saturated carbocycles. The molecule has 2 heterocycles. The van der Waals surface area contributed by atoms with E-state index >= 15 is 0 Å². The van der Waals surface area contributed by atoms with E-state index in [0.717, 1.165) is 0 Å². The monoisotopic (exact) mass is 301 g/mol. The molecule has 1 atom stereocenters. The third-order valence-corrected chi connectivity index (χ3v) is 3.91. The molecule has 1 amide bonds. The van der Waals surface area contributed by atoms with Gasteiger partial charge in [-0.2, -0.15) is 5.10 Å². The lowest BCUT2D eigenvalue weighted by Crippen LogP contribution is -2.42. The van der Waals surface area contributed by atoms with E-state index in [1.165, 1.54) is 15.8 Å². The maximum atomic E-state index is 12.4. The molecular formula is C15H15N3O4. The van der Waals surface area contributed by atoms with Crippen LogP contribution in [0.5, 0.6) is 0 Å². The number of benzene rings is 1. The van der Waals surface area contributed by atoms with Gasteiger partial charge in [-0.05, 0) is 25.0 Å². The van der Waals surface area contributed by atoms with Crippen LogP contribution in [0.4, 0.5) is 0 Å². The van der Waals surface area contributed by atoms with E-state index in [1.54, 1.807) is 24.3 Å². The van der Waals surface area contributed by atoms with Crippen LogP contribution in [0.2, 0.25) is 0 Å². The van der Waals surface area contributed by atoms with Crippen molar-refractivity contribution in [1.29, 1.82) is 0 Å². The Kier molecular flexibility index (Phi) is 3.62. The van der Waals surface area contributed by atoms with Crippen LogP contribution < -0.4 is 5.43 Å². The lowest BCUT2D eigenvalue weighted by molar-refractivity contribution is -0.148. The molecular weight excluding hydrogens is 286 g/mol. The highest BCUT2D eigenvalue weighted by atomic mass is 16.4. The molecule has 114 valence electrons. The quantitative estimate of drug-likeness (QED) is 0.889. The summed E-state index contributed by atoms with van der Waals surface area (Å²) in [5.41, 5.74) is 0.360. The summed E-state index contributed by atoms with van der Waals surface area (Å²) in [7, 11) is 0. The van der Waals surface area contributed by atoms with Crippen molar-refractivity contribution < 1.29 is 14.7 Å². The number of carbonyl (C=O) groups excluding carboxylic acids is 1. The van der Waals surface area contributed by atoms with Gasteiger partial charge in [-0.25, -0.2) is 4.79 Å². The molecule has 2 aromatic rings. The fourth-order valence-electron chi connectivity index (χ4n) is 2.83. The predicted molar refractivity (Wildman–Crippen MR) is 78.4 cm³/mol. The van der Waals surface area contributed by atoms with Crippen molar-refractivity contribution >= 4 is 22.8 Å². The van der Waals surface area contributed by atoms with Crippen molar-refractivity contribution in [2.75, 3.05) is 6.54 Å². The lowest BCUT2D eigenvalue weighted by atomic mass is 10.2. The standard InChI is InChI=1S/C15H15N3O4/c19-13-8-16-18(11-5-2-1-4-10(11)13)9-14(20)17-7-3-6-12(17)15(21)22/h1-2,4-5,8,12H,3,6-7,9H2,(H,21,22). The Hall–Kier alpha value is -2.70. The maximum Gasteiger partial charge on any atom is 0.326 e. The summed E-state index contributed by atoms with van der Waals surface area (Å²) in [6.07, 6.45) is 2.33. The Bertz CT molecular complexity index is 799. The molecule has 0 bridgehead atoms. The summed E-state index contributed by atoms with van der Waals surface area (Å²) in [5.74, 6) is -1.28. The van der Waals surface area contributed by atoms with E-state index in [4.69, 9.17) is 5.11 Å². The predicted octanol–water partition coefficient (Wildman–Crippen LogP) is 0.472. The smallest absolute Gasteiger partial charge is 0.326 e. The first-order valence-electron chi connectivity index (χ1n) is 7.05. The van der Waals surface area contributed by atoms with E-state index in [1.807, 2.05) is 0 Å². The zero-order valence-corrected chi connectivity index (χ0v) is 11.8. The van der Waals surface area contributed by atoms with Gasteiger partial charge >= 0.3 is 5.97 Å². The Morgan fingerprint density at radius 1 is 1.32 bits per heavy atom. The van der Waals surface area contributed by atoms with Crippen LogP contribution in [0.15, 0.2) is 35.3 Å². The number of likely N-dealkylation sites (tertiary alicyclic amines) is 1. The number of para-hydroxylation sites is 1. The van der Waals surface area contributed by atoms with Crippen LogP contribution in [0.3, 0.4) is 0 Å². The van der Waals surface area contributed by atoms with Gasteiger partial charge in [-0.3, -0.25) is 14.3 Å². The van der Waals surface area contributed by atoms with Crippen molar-refractivity contribution in [1.82, 2.24) is 14.7 Å². The number of carbonyl (C=O) groups is 2. The van der Waals surface area contributed by atoms with E-state index in [0.29, 0.717) is 30.3 Å². The molecule has 1 aromatic carbocycles. The molecule has 1 saturated heterocycles. The molecule has 3 rings (SSSR count). The SMILES string of the molecule is O=C(O)C1CCCN1C(=O)Cn1ncc(=O)c2ccccc21. The molecule has 7 nitrogen and oxygen atoms in total. The lowest BCUT2D eigenvalue weighted by Gasteiger charge is -2.22. The number of carboxylic acids is 1. The first-order chi connectivity index (χ1) is 10.6. The molecule has 1 aliphatic heterocycles.